The molecule has 104 valence electrons. The fourth-order valence-electron chi connectivity index (χ4n) is 1.39. The van der Waals surface area contributed by atoms with Crippen molar-refractivity contribution >= 4 is 28.9 Å². The molecule has 0 aromatic heterocycles. The first-order valence-corrected chi connectivity index (χ1v) is 5.57. The van der Waals surface area contributed by atoms with E-state index in [-0.39, 0.29) is 10.7 Å². The van der Waals surface area contributed by atoms with Crippen molar-refractivity contribution in [2.45, 2.75) is 19.4 Å². The molecule has 0 saturated carbocycles. The first-order valence-electron chi connectivity index (χ1n) is 5.19. The Morgan fingerprint density at radius 1 is 1.53 bits per heavy atom. The van der Waals surface area contributed by atoms with Gasteiger partial charge in [0.2, 0.25) is 0 Å². The number of hydrogen-bond acceptors (Lipinski definition) is 4. The zero-order valence-corrected chi connectivity index (χ0v) is 11.2. The molecule has 19 heavy (non-hydrogen) atoms. The summed E-state index contributed by atoms with van der Waals surface area (Å²) < 4.78 is 13.3. The number of nitrogens with zero attached hydrogens (tertiary/aromatic N) is 2. The van der Waals surface area contributed by atoms with Crippen LogP contribution in [0.3, 0.4) is 0 Å². The monoisotopic (exact) mass is 290 g/mol. The number of hydrogen-bond donors (Lipinski definition) is 1. The molecule has 0 bridgehead atoms. The molecule has 1 N–H and O–H groups in total. The van der Waals surface area contributed by atoms with Crippen molar-refractivity contribution in [1.29, 1.82) is 0 Å². The number of benzene rings is 1. The van der Waals surface area contributed by atoms with Crippen LogP contribution in [-0.2, 0) is 4.79 Å². The molecule has 0 unspecified atom stereocenters. The molecule has 1 aromatic carbocycles. The molecule has 0 saturated heterocycles. The Morgan fingerprint density at radius 2 is 2.05 bits per heavy atom. The van der Waals surface area contributed by atoms with Crippen molar-refractivity contribution in [2.24, 2.45) is 0 Å². The lowest BCUT2D eigenvalue weighted by Gasteiger charge is -2.33. The van der Waals surface area contributed by atoms with Crippen LogP contribution in [0.2, 0.25) is 5.02 Å². The minimum Gasteiger partial charge on any atom is -0.480 e. The second-order valence-electron chi connectivity index (χ2n) is 4.44. The van der Waals surface area contributed by atoms with Crippen LogP contribution in [-0.4, -0.2) is 28.6 Å². The highest BCUT2D eigenvalue weighted by Gasteiger charge is 2.36. The molecule has 0 aliphatic rings. The predicted octanol–water partition coefficient (Wildman–Crippen LogP) is 2.69. The molecule has 0 aliphatic carbocycles. The molecule has 0 fully saturated rings. The third kappa shape index (κ3) is 2.76. The predicted molar refractivity (Wildman–Crippen MR) is 68.2 cm³/mol. The summed E-state index contributed by atoms with van der Waals surface area (Å²) in [6, 6.07) is 1.71. The van der Waals surface area contributed by atoms with Gasteiger partial charge >= 0.3 is 5.97 Å². The van der Waals surface area contributed by atoms with Gasteiger partial charge in [-0.2, -0.15) is 0 Å². The van der Waals surface area contributed by atoms with Crippen molar-refractivity contribution in [3.63, 3.8) is 0 Å². The number of rotatable bonds is 4. The highest BCUT2D eigenvalue weighted by atomic mass is 35.5. The van der Waals surface area contributed by atoms with Gasteiger partial charge in [-0.05, 0) is 19.9 Å². The normalized spacial score (nSPS) is 11.2. The number of carbonyl (C=O) groups is 1. The van der Waals surface area contributed by atoms with E-state index in [1.54, 1.807) is 0 Å². The second-order valence-corrected chi connectivity index (χ2v) is 4.84. The maximum absolute atomic E-state index is 13.3. The van der Waals surface area contributed by atoms with Crippen LogP contribution in [0, 0.1) is 15.9 Å². The third-order valence-corrected chi connectivity index (χ3v) is 3.23. The van der Waals surface area contributed by atoms with Gasteiger partial charge in [-0.15, -0.1) is 0 Å². The van der Waals surface area contributed by atoms with Crippen LogP contribution in [0.25, 0.3) is 0 Å². The smallest absolute Gasteiger partial charge is 0.328 e. The molecular weight excluding hydrogens is 279 g/mol. The quantitative estimate of drug-likeness (QED) is 0.681. The van der Waals surface area contributed by atoms with E-state index in [9.17, 15) is 19.3 Å². The number of carboxylic acid groups (broad SMARTS) is 1. The largest absolute Gasteiger partial charge is 0.480 e. The summed E-state index contributed by atoms with van der Waals surface area (Å²) in [7, 11) is 1.37. The fourth-order valence-corrected chi connectivity index (χ4v) is 1.54. The van der Waals surface area contributed by atoms with Crippen LogP contribution in [0.15, 0.2) is 12.1 Å². The van der Waals surface area contributed by atoms with Gasteiger partial charge in [-0.1, -0.05) is 11.6 Å². The third-order valence-electron chi connectivity index (χ3n) is 2.94. The minimum atomic E-state index is -1.41. The number of anilines is 1. The van der Waals surface area contributed by atoms with Crippen LogP contribution >= 0.6 is 11.6 Å². The van der Waals surface area contributed by atoms with Crippen LogP contribution in [0.5, 0.6) is 0 Å². The highest BCUT2D eigenvalue weighted by molar-refractivity contribution is 6.31. The van der Waals surface area contributed by atoms with E-state index in [4.69, 9.17) is 16.7 Å². The minimum absolute atomic E-state index is 0.0659. The number of nitro benzene ring substituents is 1. The summed E-state index contributed by atoms with van der Waals surface area (Å²) in [5, 5.41) is 19.7. The van der Waals surface area contributed by atoms with E-state index in [1.165, 1.54) is 25.8 Å². The van der Waals surface area contributed by atoms with Gasteiger partial charge in [0.1, 0.15) is 17.0 Å². The highest BCUT2D eigenvalue weighted by Crippen LogP contribution is 2.35. The number of nitro groups is 1. The van der Waals surface area contributed by atoms with E-state index in [0.29, 0.717) is 6.07 Å². The van der Waals surface area contributed by atoms with Gasteiger partial charge < -0.3 is 10.0 Å². The molecule has 0 amide bonds. The average molecular weight is 291 g/mol. The number of carboxylic acids is 1. The zero-order chi connectivity index (χ0) is 15.0. The van der Waals surface area contributed by atoms with Crippen molar-refractivity contribution in [3.05, 3.63) is 33.1 Å². The van der Waals surface area contributed by atoms with Crippen molar-refractivity contribution in [1.82, 2.24) is 0 Å². The topological polar surface area (TPSA) is 83.7 Å². The van der Waals surface area contributed by atoms with Crippen LogP contribution in [0.1, 0.15) is 13.8 Å². The summed E-state index contributed by atoms with van der Waals surface area (Å²) in [5.41, 5.74) is -2.02. The molecule has 8 heteroatoms. The van der Waals surface area contributed by atoms with E-state index in [2.05, 4.69) is 0 Å². The van der Waals surface area contributed by atoms with Gasteiger partial charge in [0.25, 0.3) is 5.69 Å². The molecule has 0 heterocycles. The molecule has 1 rings (SSSR count). The second kappa shape index (κ2) is 5.00. The molecule has 1 aromatic rings. The maximum Gasteiger partial charge on any atom is 0.328 e. The van der Waals surface area contributed by atoms with Gasteiger partial charge in [-0.25, -0.2) is 9.18 Å². The Bertz CT molecular complexity index is 548. The Hall–Kier alpha value is -1.89. The van der Waals surface area contributed by atoms with Gasteiger partial charge in [0.15, 0.2) is 0 Å². The summed E-state index contributed by atoms with van der Waals surface area (Å²) >= 11 is 5.59. The Kier molecular flexibility index (Phi) is 4.00. The van der Waals surface area contributed by atoms with Crippen molar-refractivity contribution < 1.29 is 19.2 Å². The molecule has 0 spiro atoms. The summed E-state index contributed by atoms with van der Waals surface area (Å²) in [6.45, 7) is 2.74. The molecule has 0 aliphatic heterocycles. The SMILES string of the molecule is CN(c1cc(Cl)c(F)cc1[N+](=O)[O-])C(C)(C)C(=O)O. The Morgan fingerprint density at radius 3 is 2.47 bits per heavy atom. The van der Waals surface area contributed by atoms with E-state index < -0.39 is 27.9 Å². The molecule has 6 nitrogen and oxygen atoms in total. The number of aliphatic carboxylic acids is 1. The summed E-state index contributed by atoms with van der Waals surface area (Å²) in [5.74, 6) is -2.11. The lowest BCUT2D eigenvalue weighted by atomic mass is 10.0. The van der Waals surface area contributed by atoms with Crippen LogP contribution < -0.4 is 4.90 Å². The van der Waals surface area contributed by atoms with E-state index in [1.807, 2.05) is 0 Å². The van der Waals surface area contributed by atoms with Crippen molar-refractivity contribution in [3.8, 4) is 0 Å². The van der Waals surface area contributed by atoms with E-state index >= 15 is 0 Å². The maximum atomic E-state index is 13.3. The van der Waals surface area contributed by atoms with Gasteiger partial charge in [0.05, 0.1) is 16.0 Å². The van der Waals surface area contributed by atoms with Gasteiger partial charge in [0, 0.05) is 7.05 Å². The Balaban J connectivity index is 3.45. The molecule has 0 atom stereocenters. The Labute approximate surface area is 113 Å². The summed E-state index contributed by atoms with van der Waals surface area (Å²) in [4.78, 5) is 22.4. The molecule has 0 radical (unpaired) electrons. The lowest BCUT2D eigenvalue weighted by molar-refractivity contribution is -0.384. The first kappa shape index (κ1) is 15.2. The fraction of sp³-hybridized carbons (Fsp3) is 0.364. The standard InChI is InChI=1S/C11H12ClFN2O4/c1-11(2,10(16)17)14(3)8-4-6(12)7(13)5-9(8)15(18)19/h4-5H,1-3H3,(H,16,17). The first-order chi connectivity index (χ1) is 8.59. The van der Waals surface area contributed by atoms with Gasteiger partial charge in [-0.3, -0.25) is 10.1 Å². The molecular formula is C11H12ClFN2O4. The van der Waals surface area contributed by atoms with Crippen LogP contribution in [0.4, 0.5) is 15.8 Å². The summed E-state index contributed by atoms with van der Waals surface area (Å²) in [6.07, 6.45) is 0. The average Bonchev–Trinajstić information content (AvgIpc) is 2.30. The lowest BCUT2D eigenvalue weighted by Crippen LogP contribution is -2.48. The number of halogens is 2. The number of likely N-dealkylation sites (N-methyl/N-ethyl adjacent to an activating group) is 1. The zero-order valence-electron chi connectivity index (χ0n) is 10.5. The van der Waals surface area contributed by atoms with E-state index in [0.717, 1.165) is 6.07 Å². The van der Waals surface area contributed by atoms with Crippen molar-refractivity contribution in [2.75, 3.05) is 11.9 Å².